The second-order valence-corrected chi connectivity index (χ2v) is 3.40. The van der Waals surface area contributed by atoms with E-state index in [1.54, 1.807) is 0 Å². The maximum absolute atomic E-state index is 10.8. The van der Waals surface area contributed by atoms with Crippen LogP contribution in [0.3, 0.4) is 0 Å². The Labute approximate surface area is 84.5 Å². The number of carbonyl (C=O) groups excluding carboxylic acids is 1. The summed E-state index contributed by atoms with van der Waals surface area (Å²) in [7, 11) is 0. The minimum absolute atomic E-state index is 0.107. The molecule has 82 valence electrons. The fraction of sp³-hybridized carbons (Fsp3) is 0.800. The molecule has 0 rings (SSSR count). The van der Waals surface area contributed by atoms with Gasteiger partial charge in [0.2, 0.25) is 0 Å². The zero-order valence-corrected chi connectivity index (χ0v) is 8.50. The van der Waals surface area contributed by atoms with Gasteiger partial charge in [0.05, 0.1) is 6.54 Å². The fourth-order valence-corrected chi connectivity index (χ4v) is 1.23. The molecule has 0 atom stereocenters. The van der Waals surface area contributed by atoms with Crippen molar-refractivity contribution in [1.82, 2.24) is 0 Å². The van der Waals surface area contributed by atoms with Gasteiger partial charge in [0.25, 0.3) is 0 Å². The summed E-state index contributed by atoms with van der Waals surface area (Å²) in [5.74, 6) is -0.626. The summed E-state index contributed by atoms with van der Waals surface area (Å²) in [6.07, 6.45) is 5.36. The minimum atomic E-state index is -0.733. The predicted octanol–water partition coefficient (Wildman–Crippen LogP) is 1.33. The molecule has 3 N–H and O–H groups in total. The summed E-state index contributed by atoms with van der Waals surface area (Å²) < 4.78 is 0. The topological polar surface area (TPSA) is 80.4 Å². The molecule has 0 radical (unpaired) electrons. The van der Waals surface area contributed by atoms with Crippen LogP contribution in [0.15, 0.2) is 0 Å². The van der Waals surface area contributed by atoms with Gasteiger partial charge < -0.3 is 10.8 Å². The zero-order valence-electron chi connectivity index (χ0n) is 8.50. The lowest BCUT2D eigenvalue weighted by Gasteiger charge is -1.99. The van der Waals surface area contributed by atoms with Crippen LogP contribution in [0.2, 0.25) is 0 Å². The number of rotatable bonds is 9. The highest BCUT2D eigenvalue weighted by molar-refractivity contribution is 5.80. The number of unbranched alkanes of at least 4 members (excludes halogenated alkanes) is 4. The van der Waals surface area contributed by atoms with Crippen LogP contribution >= 0.6 is 0 Å². The second-order valence-electron chi connectivity index (χ2n) is 3.40. The Balaban J connectivity index is 3.06. The third kappa shape index (κ3) is 9.19. The Morgan fingerprint density at radius 2 is 1.43 bits per heavy atom. The van der Waals surface area contributed by atoms with Gasteiger partial charge in [-0.25, -0.2) is 0 Å². The molecule has 0 aliphatic rings. The number of hydrogen-bond acceptors (Lipinski definition) is 3. The number of nitrogens with two attached hydrogens (primary N) is 1. The number of ketones is 1. The van der Waals surface area contributed by atoms with E-state index in [9.17, 15) is 9.59 Å². The van der Waals surface area contributed by atoms with Crippen LogP contribution in [0.25, 0.3) is 0 Å². The van der Waals surface area contributed by atoms with E-state index in [0.29, 0.717) is 6.42 Å². The van der Waals surface area contributed by atoms with Crippen molar-refractivity contribution in [3.05, 3.63) is 0 Å². The lowest BCUT2D eigenvalue weighted by atomic mass is 10.1. The Hall–Kier alpha value is -0.900. The molecule has 0 heterocycles. The lowest BCUT2D eigenvalue weighted by molar-refractivity contribution is -0.137. The molecule has 0 unspecified atom stereocenters. The standard InChI is InChI=1S/C10H19NO3/c11-8-9(12)6-4-2-1-3-5-7-10(13)14/h1-8,11H2,(H,13,14). The van der Waals surface area contributed by atoms with Crippen molar-refractivity contribution in [1.29, 1.82) is 0 Å². The van der Waals surface area contributed by atoms with Crippen LogP contribution in [0.4, 0.5) is 0 Å². The number of hydrogen-bond donors (Lipinski definition) is 2. The van der Waals surface area contributed by atoms with E-state index in [2.05, 4.69) is 0 Å². The highest BCUT2D eigenvalue weighted by Crippen LogP contribution is 2.07. The Kier molecular flexibility index (Phi) is 8.13. The predicted molar refractivity (Wildman–Crippen MR) is 54.0 cm³/mol. The maximum atomic E-state index is 10.8. The largest absolute Gasteiger partial charge is 0.481 e. The van der Waals surface area contributed by atoms with E-state index in [1.165, 1.54) is 0 Å². The van der Waals surface area contributed by atoms with Crippen LogP contribution in [0.1, 0.15) is 44.9 Å². The molecule has 0 aromatic heterocycles. The van der Waals surface area contributed by atoms with Gasteiger partial charge in [0.15, 0.2) is 0 Å². The average Bonchev–Trinajstić information content (AvgIpc) is 2.15. The van der Waals surface area contributed by atoms with Crippen molar-refractivity contribution >= 4 is 11.8 Å². The quantitative estimate of drug-likeness (QED) is 0.551. The van der Waals surface area contributed by atoms with Crippen molar-refractivity contribution in [2.24, 2.45) is 5.73 Å². The van der Waals surface area contributed by atoms with Crippen molar-refractivity contribution in [2.75, 3.05) is 6.54 Å². The van der Waals surface area contributed by atoms with Crippen molar-refractivity contribution < 1.29 is 14.7 Å². The average molecular weight is 201 g/mol. The molecular weight excluding hydrogens is 182 g/mol. The molecule has 0 aromatic carbocycles. The van der Waals surface area contributed by atoms with Gasteiger partial charge in [-0.3, -0.25) is 9.59 Å². The van der Waals surface area contributed by atoms with Crippen molar-refractivity contribution in [3.8, 4) is 0 Å². The van der Waals surface area contributed by atoms with Gasteiger partial charge in [-0.1, -0.05) is 19.3 Å². The van der Waals surface area contributed by atoms with E-state index in [1.807, 2.05) is 0 Å². The summed E-state index contributed by atoms with van der Waals surface area (Å²) in [4.78, 5) is 20.9. The summed E-state index contributed by atoms with van der Waals surface area (Å²) >= 11 is 0. The molecule has 0 aliphatic heterocycles. The lowest BCUT2D eigenvalue weighted by Crippen LogP contribution is -2.12. The molecule has 0 saturated carbocycles. The van der Waals surface area contributed by atoms with Gasteiger partial charge in [0, 0.05) is 12.8 Å². The molecule has 0 bridgehead atoms. The first-order valence-electron chi connectivity index (χ1n) is 5.10. The summed E-state index contributed by atoms with van der Waals surface area (Å²) in [5.41, 5.74) is 5.15. The van der Waals surface area contributed by atoms with Gasteiger partial charge in [-0.15, -0.1) is 0 Å². The highest BCUT2D eigenvalue weighted by Gasteiger charge is 1.99. The number of Topliss-reactive ketones (excluding diaryl/α,β-unsaturated/α-hetero) is 1. The molecule has 14 heavy (non-hydrogen) atoms. The van der Waals surface area contributed by atoms with Crippen LogP contribution < -0.4 is 5.73 Å². The summed E-state index contributed by atoms with van der Waals surface area (Å²) in [6, 6.07) is 0. The smallest absolute Gasteiger partial charge is 0.303 e. The van der Waals surface area contributed by atoms with Gasteiger partial charge >= 0.3 is 5.97 Å². The van der Waals surface area contributed by atoms with Crippen LogP contribution in [-0.4, -0.2) is 23.4 Å². The van der Waals surface area contributed by atoms with E-state index in [0.717, 1.165) is 32.1 Å². The van der Waals surface area contributed by atoms with Crippen molar-refractivity contribution in [2.45, 2.75) is 44.9 Å². The molecular formula is C10H19NO3. The van der Waals surface area contributed by atoms with E-state index in [4.69, 9.17) is 10.8 Å². The molecule has 0 saturated heterocycles. The molecule has 0 spiro atoms. The maximum Gasteiger partial charge on any atom is 0.303 e. The molecule has 4 nitrogen and oxygen atoms in total. The normalized spacial score (nSPS) is 10.1. The Morgan fingerprint density at radius 3 is 1.93 bits per heavy atom. The SMILES string of the molecule is NCC(=O)CCCCCCCC(=O)O. The monoisotopic (exact) mass is 201 g/mol. The summed E-state index contributed by atoms with van der Waals surface area (Å²) in [6.45, 7) is 0.138. The first kappa shape index (κ1) is 13.1. The van der Waals surface area contributed by atoms with Gasteiger partial charge in [0.1, 0.15) is 5.78 Å². The molecule has 0 amide bonds. The molecule has 0 fully saturated rings. The van der Waals surface area contributed by atoms with E-state index < -0.39 is 5.97 Å². The highest BCUT2D eigenvalue weighted by atomic mass is 16.4. The van der Waals surface area contributed by atoms with Gasteiger partial charge in [-0.2, -0.15) is 0 Å². The number of aliphatic carboxylic acids is 1. The van der Waals surface area contributed by atoms with E-state index >= 15 is 0 Å². The van der Waals surface area contributed by atoms with Crippen LogP contribution in [0, 0.1) is 0 Å². The number of carboxylic acid groups (broad SMARTS) is 1. The molecule has 0 aromatic rings. The number of carboxylic acids is 1. The molecule has 4 heteroatoms. The van der Waals surface area contributed by atoms with Gasteiger partial charge in [-0.05, 0) is 12.8 Å². The third-order valence-electron chi connectivity index (χ3n) is 2.07. The second kappa shape index (κ2) is 8.69. The van der Waals surface area contributed by atoms with Crippen molar-refractivity contribution in [3.63, 3.8) is 0 Å². The first-order chi connectivity index (χ1) is 6.66. The number of carbonyl (C=O) groups is 2. The molecule has 0 aliphatic carbocycles. The zero-order chi connectivity index (χ0) is 10.8. The third-order valence-corrected chi connectivity index (χ3v) is 2.07. The first-order valence-corrected chi connectivity index (χ1v) is 5.10. The van der Waals surface area contributed by atoms with Crippen LogP contribution in [0.5, 0.6) is 0 Å². The van der Waals surface area contributed by atoms with E-state index in [-0.39, 0.29) is 18.7 Å². The fourth-order valence-electron chi connectivity index (χ4n) is 1.23. The van der Waals surface area contributed by atoms with Crippen LogP contribution in [-0.2, 0) is 9.59 Å². The summed E-state index contributed by atoms with van der Waals surface area (Å²) in [5, 5.41) is 8.36. The Bertz CT molecular complexity index is 180. The minimum Gasteiger partial charge on any atom is -0.481 e. The Morgan fingerprint density at radius 1 is 0.929 bits per heavy atom.